The van der Waals surface area contributed by atoms with E-state index < -0.39 is 0 Å². The smallest absolute Gasteiger partial charge is 0.222 e. The molecule has 0 saturated heterocycles. The van der Waals surface area contributed by atoms with Gasteiger partial charge in [-0.3, -0.25) is 0 Å². The Labute approximate surface area is 119 Å². The van der Waals surface area contributed by atoms with E-state index in [9.17, 15) is 0 Å². The van der Waals surface area contributed by atoms with Gasteiger partial charge in [-0.1, -0.05) is 6.07 Å². The van der Waals surface area contributed by atoms with Crippen LogP contribution in [-0.4, -0.2) is 30.7 Å². The lowest BCUT2D eigenvalue weighted by Crippen LogP contribution is -2.04. The number of hydrogen-bond donors (Lipinski definition) is 1. The Morgan fingerprint density at radius 3 is 2.60 bits per heavy atom. The van der Waals surface area contributed by atoms with Gasteiger partial charge in [0.25, 0.3) is 0 Å². The molecule has 0 radical (unpaired) electrons. The molecule has 0 aliphatic carbocycles. The third kappa shape index (κ3) is 3.38. The van der Waals surface area contributed by atoms with E-state index >= 15 is 0 Å². The van der Waals surface area contributed by atoms with Crippen LogP contribution in [0.3, 0.4) is 0 Å². The molecule has 106 valence electrons. The van der Waals surface area contributed by atoms with Crippen LogP contribution in [0.1, 0.15) is 18.2 Å². The molecule has 2 aromatic rings. The molecule has 0 fully saturated rings. The highest BCUT2D eigenvalue weighted by molar-refractivity contribution is 5.44. The monoisotopic (exact) mass is 273 g/mol. The van der Waals surface area contributed by atoms with Crippen LogP contribution in [0.5, 0.6) is 11.5 Å². The van der Waals surface area contributed by atoms with Gasteiger partial charge in [0.1, 0.15) is 0 Å². The number of aromatic nitrogens is 2. The molecular formula is C15H19N3O2. The maximum atomic E-state index is 5.31. The van der Waals surface area contributed by atoms with Crippen LogP contribution < -0.4 is 14.8 Å². The van der Waals surface area contributed by atoms with Crippen molar-refractivity contribution in [2.45, 2.75) is 13.3 Å². The van der Waals surface area contributed by atoms with Crippen molar-refractivity contribution in [3.8, 4) is 11.5 Å². The van der Waals surface area contributed by atoms with E-state index in [4.69, 9.17) is 9.47 Å². The zero-order chi connectivity index (χ0) is 14.4. The molecule has 1 aromatic carbocycles. The molecule has 0 saturated carbocycles. The normalized spacial score (nSPS) is 10.2. The van der Waals surface area contributed by atoms with Crippen molar-refractivity contribution in [2.75, 3.05) is 26.1 Å². The van der Waals surface area contributed by atoms with Gasteiger partial charge >= 0.3 is 0 Å². The highest BCUT2D eigenvalue weighted by Crippen LogP contribution is 2.28. The van der Waals surface area contributed by atoms with Crippen molar-refractivity contribution in [1.29, 1.82) is 0 Å². The number of anilines is 1. The lowest BCUT2D eigenvalue weighted by Gasteiger charge is -2.09. The van der Waals surface area contributed by atoms with Gasteiger partial charge in [0.05, 0.1) is 19.9 Å². The number of nitrogens with zero attached hydrogens (tertiary/aromatic N) is 2. The second-order valence-corrected chi connectivity index (χ2v) is 4.27. The van der Waals surface area contributed by atoms with E-state index in [1.165, 1.54) is 0 Å². The minimum Gasteiger partial charge on any atom is -0.493 e. The standard InChI is InChI=1S/C15H19N3O2/c1-4-16-15-17-8-7-12(18-15)9-11-5-6-13(19-2)14(10-11)20-3/h5-8,10H,4,9H2,1-3H3,(H,16,17,18). The number of hydrogen-bond acceptors (Lipinski definition) is 5. The third-order valence-electron chi connectivity index (χ3n) is 2.88. The number of methoxy groups -OCH3 is 2. The Balaban J connectivity index is 2.19. The van der Waals surface area contributed by atoms with Crippen LogP contribution >= 0.6 is 0 Å². The molecule has 2 rings (SSSR count). The minimum atomic E-state index is 0.658. The zero-order valence-electron chi connectivity index (χ0n) is 12.0. The van der Waals surface area contributed by atoms with Gasteiger partial charge in [-0.05, 0) is 30.7 Å². The predicted molar refractivity (Wildman–Crippen MR) is 78.5 cm³/mol. The predicted octanol–water partition coefficient (Wildman–Crippen LogP) is 2.52. The van der Waals surface area contributed by atoms with Crippen LogP contribution in [-0.2, 0) is 6.42 Å². The number of ether oxygens (including phenoxy) is 2. The van der Waals surface area contributed by atoms with Crippen molar-refractivity contribution < 1.29 is 9.47 Å². The summed E-state index contributed by atoms with van der Waals surface area (Å²) in [7, 11) is 3.26. The quantitative estimate of drug-likeness (QED) is 0.876. The van der Waals surface area contributed by atoms with Gasteiger partial charge in [-0.2, -0.15) is 0 Å². The molecule has 20 heavy (non-hydrogen) atoms. The van der Waals surface area contributed by atoms with Gasteiger partial charge in [0.2, 0.25) is 5.95 Å². The molecule has 0 spiro atoms. The van der Waals surface area contributed by atoms with Gasteiger partial charge in [0.15, 0.2) is 11.5 Å². The van der Waals surface area contributed by atoms with Gasteiger partial charge in [0, 0.05) is 19.2 Å². The summed E-state index contributed by atoms with van der Waals surface area (Å²) in [6, 6.07) is 7.79. The Morgan fingerprint density at radius 1 is 1.10 bits per heavy atom. The van der Waals surface area contributed by atoms with E-state index in [-0.39, 0.29) is 0 Å². The maximum Gasteiger partial charge on any atom is 0.222 e. The van der Waals surface area contributed by atoms with Crippen molar-refractivity contribution in [3.63, 3.8) is 0 Å². The third-order valence-corrected chi connectivity index (χ3v) is 2.88. The van der Waals surface area contributed by atoms with Crippen LogP contribution in [0.2, 0.25) is 0 Å². The maximum absolute atomic E-state index is 5.31. The largest absolute Gasteiger partial charge is 0.493 e. The average molecular weight is 273 g/mol. The summed E-state index contributed by atoms with van der Waals surface area (Å²) in [5.41, 5.74) is 2.08. The fourth-order valence-electron chi connectivity index (χ4n) is 1.94. The van der Waals surface area contributed by atoms with E-state index in [1.807, 2.05) is 31.2 Å². The minimum absolute atomic E-state index is 0.658. The molecule has 1 N–H and O–H groups in total. The molecule has 0 aliphatic heterocycles. The van der Waals surface area contributed by atoms with Crippen LogP contribution in [0, 0.1) is 0 Å². The molecule has 5 nitrogen and oxygen atoms in total. The van der Waals surface area contributed by atoms with E-state index in [0.717, 1.165) is 35.7 Å². The summed E-state index contributed by atoms with van der Waals surface area (Å²) < 4.78 is 10.5. The summed E-state index contributed by atoms with van der Waals surface area (Å²) in [5.74, 6) is 2.11. The van der Waals surface area contributed by atoms with Crippen molar-refractivity contribution in [3.05, 3.63) is 41.7 Å². The van der Waals surface area contributed by atoms with Crippen LogP contribution in [0.15, 0.2) is 30.5 Å². The zero-order valence-corrected chi connectivity index (χ0v) is 12.0. The number of benzene rings is 1. The molecule has 1 heterocycles. The molecule has 0 bridgehead atoms. The summed E-state index contributed by atoms with van der Waals surface area (Å²) in [6.45, 7) is 2.82. The molecule has 0 amide bonds. The first kappa shape index (κ1) is 14.1. The second kappa shape index (κ2) is 6.75. The van der Waals surface area contributed by atoms with Gasteiger partial charge in [-0.15, -0.1) is 0 Å². The SMILES string of the molecule is CCNc1nccc(Cc2ccc(OC)c(OC)c2)n1. The Kier molecular flexibility index (Phi) is 4.76. The van der Waals surface area contributed by atoms with E-state index in [1.54, 1.807) is 20.4 Å². The summed E-state index contributed by atoms with van der Waals surface area (Å²) in [6.07, 6.45) is 2.49. The number of rotatable bonds is 6. The van der Waals surface area contributed by atoms with Gasteiger partial charge in [-0.25, -0.2) is 9.97 Å². The first-order valence-corrected chi connectivity index (χ1v) is 6.53. The highest BCUT2D eigenvalue weighted by Gasteiger charge is 2.06. The Bertz CT molecular complexity index is 573. The second-order valence-electron chi connectivity index (χ2n) is 4.27. The molecular weight excluding hydrogens is 254 g/mol. The average Bonchev–Trinajstić information content (AvgIpc) is 2.48. The summed E-state index contributed by atoms with van der Waals surface area (Å²) >= 11 is 0. The molecule has 5 heteroatoms. The first-order chi connectivity index (χ1) is 9.76. The first-order valence-electron chi connectivity index (χ1n) is 6.53. The fraction of sp³-hybridized carbons (Fsp3) is 0.333. The lowest BCUT2D eigenvalue weighted by molar-refractivity contribution is 0.354. The van der Waals surface area contributed by atoms with Crippen LogP contribution in [0.25, 0.3) is 0 Å². The number of nitrogens with one attached hydrogen (secondary N) is 1. The van der Waals surface area contributed by atoms with E-state index in [0.29, 0.717) is 5.95 Å². The lowest BCUT2D eigenvalue weighted by atomic mass is 10.1. The van der Waals surface area contributed by atoms with Crippen LogP contribution in [0.4, 0.5) is 5.95 Å². The Morgan fingerprint density at radius 2 is 1.90 bits per heavy atom. The Hall–Kier alpha value is -2.30. The molecule has 0 unspecified atom stereocenters. The highest BCUT2D eigenvalue weighted by atomic mass is 16.5. The molecule has 1 aromatic heterocycles. The summed E-state index contributed by atoms with van der Waals surface area (Å²) in [4.78, 5) is 8.63. The van der Waals surface area contributed by atoms with E-state index in [2.05, 4.69) is 15.3 Å². The molecule has 0 aliphatic rings. The molecule has 0 atom stereocenters. The fourth-order valence-corrected chi connectivity index (χ4v) is 1.94. The van der Waals surface area contributed by atoms with Gasteiger partial charge < -0.3 is 14.8 Å². The van der Waals surface area contributed by atoms with Crippen molar-refractivity contribution in [2.24, 2.45) is 0 Å². The van der Waals surface area contributed by atoms with Crippen molar-refractivity contribution >= 4 is 5.95 Å². The summed E-state index contributed by atoms with van der Waals surface area (Å²) in [5, 5.41) is 3.11. The van der Waals surface area contributed by atoms with Crippen molar-refractivity contribution in [1.82, 2.24) is 9.97 Å². The topological polar surface area (TPSA) is 56.3 Å².